The van der Waals surface area contributed by atoms with Gasteiger partial charge in [0.15, 0.2) is 0 Å². The summed E-state index contributed by atoms with van der Waals surface area (Å²) in [6.45, 7) is 11.9. The summed E-state index contributed by atoms with van der Waals surface area (Å²) in [7, 11) is 2.69. The number of aromatic hydroxyl groups is 1. The Morgan fingerprint density at radius 2 is 1.07 bits per heavy atom. The molecule has 1 amide bonds. The number of methoxy groups -OCH3 is 2. The van der Waals surface area contributed by atoms with Gasteiger partial charge >= 0.3 is 24.0 Å². The topological polar surface area (TPSA) is 187 Å². The minimum absolute atomic E-state index is 0. The number of carbonyl (C=O) groups is 4. The van der Waals surface area contributed by atoms with Crippen molar-refractivity contribution in [1.29, 1.82) is 0 Å². The largest absolute Gasteiger partial charge is 0.508 e. The fraction of sp³-hybridized carbons (Fsp3) is 0.476. The number of aliphatic hydroxyl groups is 1. The molecule has 0 spiro atoms. The maximum Gasteiger partial charge on any atom is 0.407 e. The summed E-state index contributed by atoms with van der Waals surface area (Å²) in [5.74, 6) is 0.0348. The van der Waals surface area contributed by atoms with E-state index in [0.717, 1.165) is 43.8 Å². The Balaban J connectivity index is -0.0000000645. The van der Waals surface area contributed by atoms with Gasteiger partial charge in [-0.25, -0.2) is 19.2 Å². The third-order valence-electron chi connectivity index (χ3n) is 6.95. The Labute approximate surface area is 358 Å². The quantitative estimate of drug-likeness (QED) is 0.0574. The van der Waals surface area contributed by atoms with Gasteiger partial charge in [-0.3, -0.25) is 0 Å². The number of hydrogen-bond acceptors (Lipinski definition) is 11. The number of carboxylic acids is 1. The molecule has 0 heterocycles. The van der Waals surface area contributed by atoms with Crippen molar-refractivity contribution in [1.82, 2.24) is 5.32 Å². The number of phenolic OH excluding ortho intramolecular Hbond substituents is 1. The first-order valence-corrected chi connectivity index (χ1v) is 18.4. The van der Waals surface area contributed by atoms with E-state index in [1.54, 1.807) is 48.5 Å². The van der Waals surface area contributed by atoms with Gasteiger partial charge < -0.3 is 44.3 Å². The highest BCUT2D eigenvalue weighted by Crippen LogP contribution is 2.15. The zero-order chi connectivity index (χ0) is 61.5. The van der Waals surface area contributed by atoms with Crippen LogP contribution in [-0.2, 0) is 14.2 Å². The van der Waals surface area contributed by atoms with Gasteiger partial charge in [-0.2, -0.15) is 0 Å². The lowest BCUT2D eigenvalue weighted by atomic mass is 10.2. The summed E-state index contributed by atoms with van der Waals surface area (Å²) < 4.78 is 125. The van der Waals surface area contributed by atoms with E-state index in [0.29, 0.717) is 30.7 Å². The second-order valence-electron chi connectivity index (χ2n) is 12.9. The molecule has 0 aliphatic heterocycles. The first-order valence-electron chi connectivity index (χ1n) is 28.4. The van der Waals surface area contributed by atoms with Crippen LogP contribution in [0.3, 0.4) is 0 Å². The number of unbranched alkanes of at least 4 members (excludes halogenated alkanes) is 5. The average molecular weight is 815 g/mol. The molecule has 0 bridgehead atoms. The van der Waals surface area contributed by atoms with Crippen LogP contribution in [0, 0.1) is 0 Å². The van der Waals surface area contributed by atoms with Crippen molar-refractivity contribution < 1.29 is 89.3 Å². The summed E-state index contributed by atoms with van der Waals surface area (Å²) in [4.78, 5) is 43.6. The number of nitrogens with one attached hydrogen (secondary N) is 1. The van der Waals surface area contributed by atoms with E-state index in [4.69, 9.17) is 59.2 Å². The van der Waals surface area contributed by atoms with Gasteiger partial charge in [-0.05, 0) is 119 Å². The van der Waals surface area contributed by atoms with Crippen LogP contribution in [0.25, 0.3) is 0 Å². The summed E-state index contributed by atoms with van der Waals surface area (Å²) >= 11 is 0. The van der Waals surface area contributed by atoms with E-state index in [1.165, 1.54) is 57.7 Å². The minimum atomic E-state index is -0.910. The van der Waals surface area contributed by atoms with Gasteiger partial charge in [-0.15, -0.1) is 0 Å². The highest BCUT2D eigenvalue weighted by atomic mass is 16.6. The smallest absolute Gasteiger partial charge is 0.407 e. The molecule has 3 rings (SSSR count). The molecule has 0 unspecified atom stereocenters. The maximum absolute atomic E-state index is 11.2. The maximum atomic E-state index is 11.2. The van der Waals surface area contributed by atoms with Crippen molar-refractivity contribution in [3.63, 3.8) is 0 Å². The van der Waals surface area contributed by atoms with Crippen molar-refractivity contribution in [2.24, 2.45) is 0 Å². The summed E-state index contributed by atoms with van der Waals surface area (Å²) in [6.07, 6.45) is 7.88. The number of aromatic carboxylic acids is 1. The number of amides is 1. The molecule has 0 aliphatic rings. The van der Waals surface area contributed by atoms with Crippen LogP contribution in [0.15, 0.2) is 72.8 Å². The molecule has 0 aliphatic carbocycles. The molecule has 4 N–H and O–H groups in total. The first kappa shape index (κ1) is 34.2. The van der Waals surface area contributed by atoms with Gasteiger partial charge in [0.05, 0.1) is 44.1 Å². The molecule has 3 aromatic carbocycles. The molecule has 0 aromatic heterocycles. The first-order chi connectivity index (χ1) is 36.2. The Morgan fingerprint density at radius 3 is 1.44 bits per heavy atom. The molecule has 55 heavy (non-hydrogen) atoms. The second kappa shape index (κ2) is 30.1. The van der Waals surface area contributed by atoms with E-state index >= 15 is 0 Å². The molecule has 0 saturated carbocycles. The molecule has 13 heteroatoms. The molecule has 0 fully saturated rings. The number of benzene rings is 3. The van der Waals surface area contributed by atoms with Crippen molar-refractivity contribution in [3.8, 4) is 17.2 Å². The second-order valence-corrected chi connectivity index (χ2v) is 12.9. The van der Waals surface area contributed by atoms with Gasteiger partial charge in [0, 0.05) is 44.3 Å². The predicted octanol–water partition coefficient (Wildman–Crippen LogP) is 11.2. The van der Waals surface area contributed by atoms with Crippen LogP contribution in [0.1, 0.15) is 148 Å². The molecular weight excluding hydrogens is 710 g/mol. The van der Waals surface area contributed by atoms with Gasteiger partial charge in [-0.1, -0.05) is 39.5 Å². The van der Waals surface area contributed by atoms with Crippen molar-refractivity contribution in [3.05, 3.63) is 89.5 Å². The third-order valence-corrected chi connectivity index (χ3v) is 6.95. The van der Waals surface area contributed by atoms with E-state index < -0.39 is 23.6 Å². The van der Waals surface area contributed by atoms with Gasteiger partial charge in [0.2, 0.25) is 0 Å². The summed E-state index contributed by atoms with van der Waals surface area (Å²) in [5, 5.41) is 28.6. The lowest BCUT2D eigenvalue weighted by Crippen LogP contribution is -2.33. The van der Waals surface area contributed by atoms with E-state index in [-0.39, 0.29) is 25.3 Å². The van der Waals surface area contributed by atoms with Crippen LogP contribution in [0.5, 0.6) is 17.2 Å². The zero-order valence-corrected chi connectivity index (χ0v) is 33.4. The summed E-state index contributed by atoms with van der Waals surface area (Å²) in [6, 6.07) is 19.4. The SMILES string of the molecule is CC(C)(C)OC(=O)NCCCCO.CCCCCOc1ccc(C(=O)O)cc1.CCCCCOc1ccc(C(=O)OC)cc1.COC(=O)c1ccc(O)cc1.[2HH].[2H][2H].[2H][2H].[2H][2H].[2H][2H].[2H][2H].[2H][2H].[2H][2H].[2H][2H].[2H][2H].[2H][2H]. The van der Waals surface area contributed by atoms with Gasteiger partial charge in [0.25, 0.3) is 0 Å². The van der Waals surface area contributed by atoms with E-state index in [2.05, 4.69) is 28.6 Å². The number of carboxylic acid groups (broad SMARTS) is 1. The lowest BCUT2D eigenvalue weighted by molar-refractivity contribution is 0.0523. The Hall–Kier alpha value is -5.30. The number of phenols is 1. The van der Waals surface area contributed by atoms with Crippen molar-refractivity contribution in [2.75, 3.05) is 40.6 Å². The highest BCUT2D eigenvalue weighted by Gasteiger charge is 2.15. The normalized spacial score (nSPS) is 11.5. The standard InChI is InChI=1S/C13H18O3.C12H16O3.C9H19NO3.C8H8O3.11H2/c1-3-4-5-10-16-12-8-6-11(7-9-12)13(14)15-2;1-2-3-4-9-15-11-7-5-10(6-8-11)12(13)14;1-9(2,3)13-8(12)10-6-4-5-7-11;1-11-8(10)6-2-4-7(9)5-3-6;;;;;;;;;;;/h6-9H,3-5,10H2,1-2H3;5-8H,2-4,9H2,1H3,(H,13,14);11H,4-7H2,1-3H3,(H,10,12);2-5,9H,1H3;11*1H/i;;;;10*1+1D;1+1. The van der Waals surface area contributed by atoms with Crippen LogP contribution >= 0.6 is 0 Å². The average Bonchev–Trinajstić information content (AvgIpc) is 3.47. The fourth-order valence-corrected chi connectivity index (χ4v) is 4.04. The van der Waals surface area contributed by atoms with Crippen LogP contribution in [0.4, 0.5) is 4.79 Å². The zero-order valence-electron chi connectivity index (χ0n) is 53.4. The van der Waals surface area contributed by atoms with E-state index in [1.807, 2.05) is 20.8 Å². The molecule has 13 nitrogen and oxygen atoms in total. The van der Waals surface area contributed by atoms with Crippen LogP contribution in [-0.4, -0.2) is 85.5 Å². The number of hydrogen-bond donors (Lipinski definition) is 4. The van der Waals surface area contributed by atoms with Crippen LogP contribution < -0.4 is 14.8 Å². The predicted molar refractivity (Wildman–Crippen MR) is 234 cm³/mol. The van der Waals surface area contributed by atoms with Crippen molar-refractivity contribution in [2.45, 2.75) is 91.6 Å². The number of rotatable bonds is 17. The molecule has 0 saturated heterocycles. The number of aliphatic hydroxyl groups excluding tert-OH is 1. The molecule has 0 radical (unpaired) electrons. The Morgan fingerprint density at radius 1 is 0.655 bits per heavy atom. The Bertz CT molecular complexity index is 1530. The molecular formula is C42H83NO12. The fourth-order valence-electron chi connectivity index (χ4n) is 4.04. The summed E-state index contributed by atoms with van der Waals surface area (Å²) in [5.41, 5.74) is 0.825. The number of carbonyl (C=O) groups excluding carboxylic acids is 3. The van der Waals surface area contributed by atoms with Gasteiger partial charge in [0.1, 0.15) is 22.8 Å². The van der Waals surface area contributed by atoms with E-state index in [9.17, 15) is 19.2 Å². The monoisotopic (exact) mass is 815 g/mol. The highest BCUT2D eigenvalue weighted by molar-refractivity contribution is 5.90. The van der Waals surface area contributed by atoms with Crippen molar-refractivity contribution >= 4 is 24.0 Å². The molecule has 328 valence electrons. The number of ether oxygens (including phenoxy) is 5. The number of esters is 2. The minimum Gasteiger partial charge on any atom is -0.508 e. The van der Waals surface area contributed by atoms with Crippen LogP contribution in [0.2, 0.25) is 0 Å². The molecule has 3 aromatic rings. The Kier molecular flexibility index (Phi) is 18.7. The number of alkyl carbamates (subject to hydrolysis) is 1. The molecule has 0 atom stereocenters. The third kappa shape index (κ3) is 26.2. The lowest BCUT2D eigenvalue weighted by Gasteiger charge is -2.19.